The molecule has 3 heteroatoms. The summed E-state index contributed by atoms with van der Waals surface area (Å²) in [6.45, 7) is 2.04. The molecule has 0 N–H and O–H groups in total. The third kappa shape index (κ3) is 3.14. The van der Waals surface area contributed by atoms with Gasteiger partial charge in [0.25, 0.3) is 0 Å². The van der Waals surface area contributed by atoms with Gasteiger partial charge in [0, 0.05) is 16.2 Å². The van der Waals surface area contributed by atoms with Crippen molar-refractivity contribution in [2.45, 2.75) is 17.6 Å². The molecule has 0 spiro atoms. The minimum absolute atomic E-state index is 0.259. The molecule has 2 rings (SSSR count). The zero-order valence-electron chi connectivity index (χ0n) is 10.1. The van der Waals surface area contributed by atoms with Crippen LogP contribution in [0.4, 0.5) is 0 Å². The van der Waals surface area contributed by atoms with Gasteiger partial charge in [-0.05, 0) is 18.6 Å². The molecular formula is C15H13O2S-. The molecule has 0 atom stereocenters. The quantitative estimate of drug-likeness (QED) is 0.791. The van der Waals surface area contributed by atoms with Gasteiger partial charge in [-0.25, -0.2) is 0 Å². The van der Waals surface area contributed by atoms with Crippen LogP contribution in [0, 0.1) is 6.92 Å². The van der Waals surface area contributed by atoms with Gasteiger partial charge in [0.15, 0.2) is 0 Å². The average molecular weight is 257 g/mol. The molecule has 0 aliphatic rings. The maximum atomic E-state index is 11.0. The second kappa shape index (κ2) is 5.74. The fourth-order valence-corrected chi connectivity index (χ4v) is 2.60. The molecule has 0 heterocycles. The molecule has 92 valence electrons. The maximum absolute atomic E-state index is 11.0. The van der Waals surface area contributed by atoms with Crippen molar-refractivity contribution in [1.29, 1.82) is 0 Å². The summed E-state index contributed by atoms with van der Waals surface area (Å²) in [6.07, 6.45) is 0. The molecule has 2 nitrogen and oxygen atoms in total. The Bertz CT molecular complexity index is 547. The smallest absolute Gasteiger partial charge is 0.0726 e. The predicted molar refractivity (Wildman–Crippen MR) is 71.5 cm³/mol. The molecule has 0 aliphatic heterocycles. The lowest BCUT2D eigenvalue weighted by molar-refractivity contribution is -0.255. The van der Waals surface area contributed by atoms with E-state index in [0.717, 1.165) is 10.6 Å². The third-order valence-corrected chi connectivity index (χ3v) is 3.77. The van der Waals surface area contributed by atoms with Gasteiger partial charge in [-0.15, -0.1) is 11.8 Å². The molecule has 0 fully saturated rings. The standard InChI is InChI=1S/C15H14O2S/c1-11-6-8-12(9-7-11)10-18-14-5-3-2-4-13(14)15(16)17/h2-9H,10H2,1H3,(H,16,17)/p-1. The van der Waals surface area contributed by atoms with Gasteiger partial charge < -0.3 is 9.90 Å². The average Bonchev–Trinajstić information content (AvgIpc) is 2.38. The number of carboxylic acids is 1. The van der Waals surface area contributed by atoms with Crippen LogP contribution in [0.25, 0.3) is 0 Å². The van der Waals surface area contributed by atoms with Crippen molar-refractivity contribution in [3.63, 3.8) is 0 Å². The van der Waals surface area contributed by atoms with Gasteiger partial charge in [-0.1, -0.05) is 48.0 Å². The largest absolute Gasteiger partial charge is 0.545 e. The van der Waals surface area contributed by atoms with E-state index in [-0.39, 0.29) is 5.56 Å². The molecular weight excluding hydrogens is 244 g/mol. The second-order valence-electron chi connectivity index (χ2n) is 4.06. The summed E-state index contributed by atoms with van der Waals surface area (Å²) >= 11 is 1.51. The van der Waals surface area contributed by atoms with E-state index in [1.165, 1.54) is 22.9 Å². The van der Waals surface area contributed by atoms with Gasteiger partial charge in [-0.3, -0.25) is 0 Å². The number of aromatic carboxylic acids is 1. The zero-order valence-corrected chi connectivity index (χ0v) is 10.9. The lowest BCUT2D eigenvalue weighted by atomic mass is 10.2. The van der Waals surface area contributed by atoms with E-state index in [1.54, 1.807) is 12.1 Å². The van der Waals surface area contributed by atoms with E-state index < -0.39 is 5.97 Å². The fourth-order valence-electron chi connectivity index (χ4n) is 1.61. The number of carbonyl (C=O) groups excluding carboxylic acids is 1. The van der Waals surface area contributed by atoms with E-state index in [4.69, 9.17) is 0 Å². The monoisotopic (exact) mass is 257 g/mol. The van der Waals surface area contributed by atoms with Gasteiger partial charge >= 0.3 is 0 Å². The van der Waals surface area contributed by atoms with E-state index in [0.29, 0.717) is 0 Å². The van der Waals surface area contributed by atoms with Crippen LogP contribution in [0.15, 0.2) is 53.4 Å². The first-order valence-corrected chi connectivity index (χ1v) is 6.64. The van der Waals surface area contributed by atoms with Crippen LogP contribution < -0.4 is 5.11 Å². The Morgan fingerprint density at radius 3 is 2.44 bits per heavy atom. The topological polar surface area (TPSA) is 40.1 Å². The van der Waals surface area contributed by atoms with E-state index in [2.05, 4.69) is 24.3 Å². The number of carbonyl (C=O) groups is 1. The molecule has 0 aromatic heterocycles. The molecule has 2 aromatic rings. The highest BCUT2D eigenvalue weighted by Gasteiger charge is 2.03. The number of aryl methyl sites for hydroxylation is 1. The fraction of sp³-hybridized carbons (Fsp3) is 0.133. The number of hydrogen-bond donors (Lipinski definition) is 0. The Hall–Kier alpha value is -1.74. The Kier molecular flexibility index (Phi) is 4.05. The van der Waals surface area contributed by atoms with Crippen molar-refractivity contribution in [3.05, 3.63) is 65.2 Å². The predicted octanol–water partition coefficient (Wildman–Crippen LogP) is 2.65. The Balaban J connectivity index is 2.10. The highest BCUT2D eigenvalue weighted by molar-refractivity contribution is 7.98. The summed E-state index contributed by atoms with van der Waals surface area (Å²) in [6, 6.07) is 15.2. The first kappa shape index (κ1) is 12.7. The molecule has 0 amide bonds. The van der Waals surface area contributed by atoms with Crippen molar-refractivity contribution >= 4 is 17.7 Å². The van der Waals surface area contributed by atoms with Gasteiger partial charge in [0.1, 0.15) is 0 Å². The highest BCUT2D eigenvalue weighted by atomic mass is 32.2. The van der Waals surface area contributed by atoms with Crippen LogP contribution in [0.3, 0.4) is 0 Å². The summed E-state index contributed by atoms with van der Waals surface area (Å²) < 4.78 is 0. The first-order valence-electron chi connectivity index (χ1n) is 5.65. The Morgan fingerprint density at radius 2 is 1.78 bits per heavy atom. The lowest BCUT2D eigenvalue weighted by Gasteiger charge is -2.09. The van der Waals surface area contributed by atoms with Crippen molar-refractivity contribution in [1.82, 2.24) is 0 Å². The summed E-state index contributed by atoms with van der Waals surface area (Å²) in [5.74, 6) is -0.369. The molecule has 0 saturated heterocycles. The van der Waals surface area contributed by atoms with Crippen molar-refractivity contribution in [2.75, 3.05) is 0 Å². The van der Waals surface area contributed by atoms with Crippen molar-refractivity contribution < 1.29 is 9.90 Å². The second-order valence-corrected chi connectivity index (χ2v) is 5.08. The van der Waals surface area contributed by atoms with E-state index in [9.17, 15) is 9.90 Å². The molecule has 2 aromatic carbocycles. The number of rotatable bonds is 4. The number of carboxylic acid groups (broad SMARTS) is 1. The molecule has 0 saturated carbocycles. The van der Waals surface area contributed by atoms with Gasteiger partial charge in [-0.2, -0.15) is 0 Å². The summed E-state index contributed by atoms with van der Waals surface area (Å²) in [5.41, 5.74) is 2.66. The molecule has 0 radical (unpaired) electrons. The van der Waals surface area contributed by atoms with Crippen LogP contribution in [-0.2, 0) is 5.75 Å². The molecule has 0 aliphatic carbocycles. The number of thioether (sulfide) groups is 1. The lowest BCUT2D eigenvalue weighted by Crippen LogP contribution is -2.22. The summed E-state index contributed by atoms with van der Waals surface area (Å²) in [5, 5.41) is 11.0. The van der Waals surface area contributed by atoms with E-state index >= 15 is 0 Å². The molecule has 0 bridgehead atoms. The minimum atomic E-state index is -1.12. The first-order chi connectivity index (χ1) is 8.66. The molecule has 18 heavy (non-hydrogen) atoms. The van der Waals surface area contributed by atoms with Crippen molar-refractivity contribution in [2.24, 2.45) is 0 Å². The normalized spacial score (nSPS) is 10.3. The van der Waals surface area contributed by atoms with Crippen LogP contribution in [0.1, 0.15) is 21.5 Å². The zero-order chi connectivity index (χ0) is 13.0. The third-order valence-electron chi connectivity index (χ3n) is 2.62. The van der Waals surface area contributed by atoms with Crippen LogP contribution in [-0.4, -0.2) is 5.97 Å². The van der Waals surface area contributed by atoms with Crippen LogP contribution in [0.2, 0.25) is 0 Å². The van der Waals surface area contributed by atoms with Crippen LogP contribution >= 0.6 is 11.8 Å². The maximum Gasteiger partial charge on any atom is 0.0726 e. The van der Waals surface area contributed by atoms with Gasteiger partial charge in [0.05, 0.1) is 5.97 Å². The summed E-state index contributed by atoms with van der Waals surface area (Å²) in [4.78, 5) is 11.7. The van der Waals surface area contributed by atoms with Crippen LogP contribution in [0.5, 0.6) is 0 Å². The minimum Gasteiger partial charge on any atom is -0.545 e. The summed E-state index contributed by atoms with van der Waals surface area (Å²) in [7, 11) is 0. The van der Waals surface area contributed by atoms with Crippen molar-refractivity contribution in [3.8, 4) is 0 Å². The number of benzene rings is 2. The number of hydrogen-bond acceptors (Lipinski definition) is 3. The Labute approximate surface area is 111 Å². The molecule has 0 unspecified atom stereocenters. The SMILES string of the molecule is Cc1ccc(CSc2ccccc2C(=O)[O-])cc1. The Morgan fingerprint density at radius 1 is 1.11 bits per heavy atom. The van der Waals surface area contributed by atoms with Gasteiger partial charge in [0.2, 0.25) is 0 Å². The van der Waals surface area contributed by atoms with E-state index in [1.807, 2.05) is 19.1 Å². The highest BCUT2D eigenvalue weighted by Crippen LogP contribution is 2.26.